The van der Waals surface area contributed by atoms with Crippen molar-refractivity contribution in [3.63, 3.8) is 0 Å². The number of nitrogens with one attached hydrogen (secondary N) is 2. The van der Waals surface area contributed by atoms with Gasteiger partial charge in [0.05, 0.1) is 0 Å². The average Bonchev–Trinajstić information content (AvgIpc) is 1.53. The molecule has 0 spiro atoms. The summed E-state index contributed by atoms with van der Waals surface area (Å²) in [5.74, 6) is 0. The van der Waals surface area contributed by atoms with Crippen molar-refractivity contribution in [1.29, 1.82) is 0 Å². The zero-order valence-electron chi connectivity index (χ0n) is 6.57. The molecule has 8 nitrogen and oxygen atoms in total. The Morgan fingerprint density at radius 1 is 1.00 bits per heavy atom. The van der Waals surface area contributed by atoms with Crippen molar-refractivity contribution in [3.05, 3.63) is 0 Å². The summed E-state index contributed by atoms with van der Waals surface area (Å²) in [7, 11) is -4.23. The van der Waals surface area contributed by atoms with Crippen LogP contribution in [0.15, 0.2) is 0 Å². The number of hydrogen-bond acceptors (Lipinski definition) is 4. The summed E-state index contributed by atoms with van der Waals surface area (Å²) in [6.07, 6.45) is 0. The van der Waals surface area contributed by atoms with Gasteiger partial charge in [-0.25, -0.2) is 19.0 Å². The SMILES string of the molecule is NC(=O)NS(=O)(=O)NC(N)=O.[Cl-].[Na+]. The zero-order chi connectivity index (χ0) is 9.07. The van der Waals surface area contributed by atoms with Crippen LogP contribution in [-0.2, 0) is 10.2 Å². The van der Waals surface area contributed by atoms with Crippen LogP contribution in [0.3, 0.4) is 0 Å². The van der Waals surface area contributed by atoms with E-state index >= 15 is 0 Å². The van der Waals surface area contributed by atoms with Crippen molar-refractivity contribution in [2.24, 2.45) is 11.5 Å². The molecule has 0 aromatic carbocycles. The van der Waals surface area contributed by atoms with Crippen LogP contribution in [0, 0.1) is 0 Å². The molecule has 13 heavy (non-hydrogen) atoms. The summed E-state index contributed by atoms with van der Waals surface area (Å²) in [6, 6.07) is -2.61. The number of hydrogen-bond donors (Lipinski definition) is 4. The molecule has 0 saturated heterocycles. The second-order valence-corrected chi connectivity index (χ2v) is 2.85. The number of nitrogens with two attached hydrogens (primary N) is 2. The average molecular weight is 241 g/mol. The van der Waals surface area contributed by atoms with Crippen molar-refractivity contribution < 1.29 is 60.0 Å². The van der Waals surface area contributed by atoms with E-state index in [0.717, 1.165) is 0 Å². The van der Waals surface area contributed by atoms with Gasteiger partial charge in [-0.2, -0.15) is 8.42 Å². The molecule has 0 radical (unpaired) electrons. The summed E-state index contributed by atoms with van der Waals surface area (Å²) >= 11 is 0. The molecule has 72 valence electrons. The standard InChI is InChI=1S/C2H6N4O4S.ClH.Na/c3-1(7)5-11(9,10)6-2(4)8;;/h(H3,3,5,7)(H3,4,6,8);1H;/q;;+1/p-1. The Kier molecular flexibility index (Phi) is 10.3. The Bertz CT molecular complexity index is 256. The van der Waals surface area contributed by atoms with Gasteiger partial charge in [-0.15, -0.1) is 0 Å². The minimum atomic E-state index is -4.23. The topological polar surface area (TPSA) is 144 Å². The molecule has 0 atom stereocenters. The van der Waals surface area contributed by atoms with E-state index in [4.69, 9.17) is 0 Å². The third-order valence-electron chi connectivity index (χ3n) is 0.470. The van der Waals surface area contributed by atoms with Crippen LogP contribution in [-0.4, -0.2) is 20.5 Å². The molecule has 0 unspecified atom stereocenters. The predicted octanol–water partition coefficient (Wildman–Crippen LogP) is -8.42. The fraction of sp³-hybridized carbons (Fsp3) is 0. The Morgan fingerprint density at radius 2 is 1.23 bits per heavy atom. The van der Waals surface area contributed by atoms with Crippen LogP contribution in [0.5, 0.6) is 0 Å². The maximum Gasteiger partial charge on any atom is 1.00 e. The molecule has 0 rings (SSSR count). The maximum absolute atomic E-state index is 10.4. The summed E-state index contributed by atoms with van der Waals surface area (Å²) in [6.45, 7) is 0. The summed E-state index contributed by atoms with van der Waals surface area (Å²) in [4.78, 5) is 19.9. The molecule has 0 aliphatic heterocycles. The van der Waals surface area contributed by atoms with Gasteiger partial charge in [0.1, 0.15) is 0 Å². The van der Waals surface area contributed by atoms with Gasteiger partial charge in [-0.3, -0.25) is 0 Å². The van der Waals surface area contributed by atoms with Crippen molar-refractivity contribution >= 4 is 22.3 Å². The number of halogens is 1. The molecule has 0 bridgehead atoms. The normalized spacial score (nSPS) is 8.62. The minimum absolute atomic E-state index is 0. The van der Waals surface area contributed by atoms with Crippen LogP contribution >= 0.6 is 0 Å². The number of rotatable bonds is 2. The number of urea groups is 2. The molecule has 6 N–H and O–H groups in total. The first-order valence-electron chi connectivity index (χ1n) is 2.23. The van der Waals surface area contributed by atoms with Crippen molar-refractivity contribution in [3.8, 4) is 0 Å². The summed E-state index contributed by atoms with van der Waals surface area (Å²) in [5, 5.41) is 0. The van der Waals surface area contributed by atoms with Crippen molar-refractivity contribution in [1.82, 2.24) is 9.44 Å². The molecule has 0 aliphatic rings. The Hall–Kier alpha value is -0.220. The minimum Gasteiger partial charge on any atom is -1.00 e. The van der Waals surface area contributed by atoms with Crippen LogP contribution in [0.25, 0.3) is 0 Å². The molecule has 0 heterocycles. The molecular weight excluding hydrogens is 235 g/mol. The third-order valence-corrected chi connectivity index (χ3v) is 1.41. The quantitative estimate of drug-likeness (QED) is 0.355. The molecular formula is C2H6ClN4NaO4S. The van der Waals surface area contributed by atoms with E-state index in [0.29, 0.717) is 0 Å². The van der Waals surface area contributed by atoms with Gasteiger partial charge < -0.3 is 23.9 Å². The van der Waals surface area contributed by atoms with Gasteiger partial charge in [-0.1, -0.05) is 0 Å². The number of carbonyl (C=O) groups is 2. The first-order chi connectivity index (χ1) is 4.83. The molecule has 0 saturated carbocycles. The van der Waals surface area contributed by atoms with Crippen LogP contribution < -0.4 is 62.9 Å². The van der Waals surface area contributed by atoms with Gasteiger partial charge in [-0.05, 0) is 0 Å². The Labute approximate surface area is 103 Å². The van der Waals surface area contributed by atoms with E-state index in [9.17, 15) is 18.0 Å². The number of primary amides is 2. The first kappa shape index (κ1) is 18.5. The third kappa shape index (κ3) is 11.8. The maximum atomic E-state index is 10.4. The number of amides is 4. The first-order valence-corrected chi connectivity index (χ1v) is 3.71. The molecule has 0 fully saturated rings. The molecule has 0 aromatic rings. The van der Waals surface area contributed by atoms with E-state index in [1.807, 2.05) is 0 Å². The summed E-state index contributed by atoms with van der Waals surface area (Å²) in [5.41, 5.74) is 8.87. The monoisotopic (exact) mass is 240 g/mol. The van der Waals surface area contributed by atoms with Gasteiger partial charge in [0.25, 0.3) is 0 Å². The van der Waals surface area contributed by atoms with Gasteiger partial charge in [0.15, 0.2) is 0 Å². The van der Waals surface area contributed by atoms with Gasteiger partial charge in [0.2, 0.25) is 0 Å². The number of carbonyl (C=O) groups excluding carboxylic acids is 2. The fourth-order valence-corrected chi connectivity index (χ4v) is 0.871. The van der Waals surface area contributed by atoms with E-state index < -0.39 is 22.3 Å². The van der Waals surface area contributed by atoms with Crippen LogP contribution in [0.4, 0.5) is 9.59 Å². The fourth-order valence-electron chi connectivity index (χ4n) is 0.290. The molecule has 0 aromatic heterocycles. The molecule has 11 heteroatoms. The predicted molar refractivity (Wildman–Crippen MR) is 34.4 cm³/mol. The van der Waals surface area contributed by atoms with E-state index in [2.05, 4.69) is 11.5 Å². The van der Waals surface area contributed by atoms with Crippen LogP contribution in [0.2, 0.25) is 0 Å². The van der Waals surface area contributed by atoms with Gasteiger partial charge >= 0.3 is 51.8 Å². The zero-order valence-corrected chi connectivity index (χ0v) is 10.1. The molecule has 4 amide bonds. The second-order valence-electron chi connectivity index (χ2n) is 1.44. The van der Waals surface area contributed by atoms with Gasteiger partial charge in [0, 0.05) is 0 Å². The smallest absolute Gasteiger partial charge is 1.00 e. The van der Waals surface area contributed by atoms with Crippen molar-refractivity contribution in [2.45, 2.75) is 0 Å². The van der Waals surface area contributed by atoms with E-state index in [1.165, 1.54) is 9.44 Å². The van der Waals surface area contributed by atoms with E-state index in [1.54, 1.807) is 0 Å². The van der Waals surface area contributed by atoms with Crippen LogP contribution in [0.1, 0.15) is 0 Å². The largest absolute Gasteiger partial charge is 1.00 e. The van der Waals surface area contributed by atoms with Crippen molar-refractivity contribution in [2.75, 3.05) is 0 Å². The Balaban J connectivity index is -0.000000500. The molecule has 0 aliphatic carbocycles. The second kappa shape index (κ2) is 7.21. The Morgan fingerprint density at radius 3 is 1.38 bits per heavy atom. The summed E-state index contributed by atoms with van der Waals surface area (Å²) < 4.78 is 23.4. The van der Waals surface area contributed by atoms with E-state index in [-0.39, 0.29) is 42.0 Å².